The number of fused-ring (bicyclic) bond motifs is 1. The van der Waals surface area contributed by atoms with E-state index in [4.69, 9.17) is 4.74 Å². The third-order valence-corrected chi connectivity index (χ3v) is 3.98. The molecule has 3 rings (SSSR count). The summed E-state index contributed by atoms with van der Waals surface area (Å²) in [5.41, 5.74) is 1.68. The molecule has 1 amide bonds. The lowest BCUT2D eigenvalue weighted by atomic mass is 10.00. The topological polar surface area (TPSA) is 45.3 Å². The number of aromatic amines is 1. The van der Waals surface area contributed by atoms with E-state index in [0.717, 1.165) is 43.5 Å². The number of benzene rings is 1. The standard InChI is InChI=1S/C16H20N2O2/c1-18(11-12-6-8-20-9-7-12)16(19)15-10-13-4-2-3-5-14(13)17-15/h2-5,10,12,17H,6-9,11H2,1H3. The Bertz CT molecular complexity index is 566. The summed E-state index contributed by atoms with van der Waals surface area (Å²) >= 11 is 0. The molecule has 0 unspecified atom stereocenters. The van der Waals surface area contributed by atoms with Gasteiger partial charge in [-0.1, -0.05) is 18.2 Å². The molecule has 2 aromatic rings. The molecule has 0 saturated carbocycles. The molecule has 2 heterocycles. The SMILES string of the molecule is CN(CC1CCOCC1)C(=O)c1cc2ccccc2[nH]1. The van der Waals surface area contributed by atoms with E-state index in [1.165, 1.54) is 0 Å². The molecule has 4 heteroatoms. The quantitative estimate of drug-likeness (QED) is 0.933. The van der Waals surface area contributed by atoms with Crippen LogP contribution in [0.25, 0.3) is 10.9 Å². The van der Waals surface area contributed by atoms with Gasteiger partial charge in [0.25, 0.3) is 5.91 Å². The first-order chi connectivity index (χ1) is 9.74. The van der Waals surface area contributed by atoms with Crippen molar-refractivity contribution in [1.82, 2.24) is 9.88 Å². The maximum Gasteiger partial charge on any atom is 0.270 e. The molecule has 0 bridgehead atoms. The summed E-state index contributed by atoms with van der Waals surface area (Å²) in [5.74, 6) is 0.620. The highest BCUT2D eigenvalue weighted by molar-refractivity contribution is 5.97. The molecule has 0 aliphatic carbocycles. The molecule has 1 aromatic heterocycles. The number of aromatic nitrogens is 1. The predicted molar refractivity (Wildman–Crippen MR) is 78.8 cm³/mol. The van der Waals surface area contributed by atoms with Crippen molar-refractivity contribution >= 4 is 16.8 Å². The first-order valence-corrected chi connectivity index (χ1v) is 7.15. The molecule has 1 aliphatic rings. The van der Waals surface area contributed by atoms with Gasteiger partial charge in [0.05, 0.1) is 0 Å². The fourth-order valence-corrected chi connectivity index (χ4v) is 2.79. The number of rotatable bonds is 3. The Balaban J connectivity index is 1.70. The van der Waals surface area contributed by atoms with Crippen LogP contribution in [0.3, 0.4) is 0 Å². The Morgan fingerprint density at radius 2 is 2.10 bits per heavy atom. The molecule has 0 atom stereocenters. The Morgan fingerprint density at radius 3 is 2.85 bits per heavy atom. The van der Waals surface area contributed by atoms with Gasteiger partial charge in [-0.25, -0.2) is 0 Å². The first-order valence-electron chi connectivity index (χ1n) is 7.15. The lowest BCUT2D eigenvalue weighted by Crippen LogP contribution is -2.34. The normalized spacial score (nSPS) is 16.4. The average molecular weight is 272 g/mol. The summed E-state index contributed by atoms with van der Waals surface area (Å²) in [6, 6.07) is 9.89. The predicted octanol–water partition coefficient (Wildman–Crippen LogP) is 2.67. The molecule has 1 fully saturated rings. The molecular weight excluding hydrogens is 252 g/mol. The van der Waals surface area contributed by atoms with Crippen LogP contribution in [0, 0.1) is 5.92 Å². The van der Waals surface area contributed by atoms with Crippen molar-refractivity contribution in [3.05, 3.63) is 36.0 Å². The molecule has 0 spiro atoms. The zero-order valence-electron chi connectivity index (χ0n) is 11.8. The Kier molecular flexibility index (Phi) is 3.74. The van der Waals surface area contributed by atoms with Gasteiger partial charge in [-0.05, 0) is 30.9 Å². The summed E-state index contributed by atoms with van der Waals surface area (Å²) in [5, 5.41) is 1.08. The first kappa shape index (κ1) is 13.2. The number of hydrogen-bond donors (Lipinski definition) is 1. The second-order valence-corrected chi connectivity index (χ2v) is 5.51. The van der Waals surface area contributed by atoms with E-state index >= 15 is 0 Å². The van der Waals surface area contributed by atoms with Gasteiger partial charge in [0.1, 0.15) is 5.69 Å². The van der Waals surface area contributed by atoms with Crippen LogP contribution in [0.4, 0.5) is 0 Å². The van der Waals surface area contributed by atoms with E-state index < -0.39 is 0 Å². The monoisotopic (exact) mass is 272 g/mol. The Labute approximate surface area is 118 Å². The molecule has 20 heavy (non-hydrogen) atoms. The van der Waals surface area contributed by atoms with Crippen molar-refractivity contribution in [3.63, 3.8) is 0 Å². The molecule has 1 saturated heterocycles. The van der Waals surface area contributed by atoms with Crippen molar-refractivity contribution in [2.45, 2.75) is 12.8 Å². The van der Waals surface area contributed by atoms with Gasteiger partial charge in [0.15, 0.2) is 0 Å². The molecule has 1 aliphatic heterocycles. The molecular formula is C16H20N2O2. The second kappa shape index (κ2) is 5.67. The summed E-state index contributed by atoms with van der Waals surface area (Å²) in [7, 11) is 1.88. The van der Waals surface area contributed by atoms with Gasteiger partial charge in [0, 0.05) is 37.7 Å². The van der Waals surface area contributed by atoms with Crippen molar-refractivity contribution in [1.29, 1.82) is 0 Å². The van der Waals surface area contributed by atoms with Gasteiger partial charge >= 0.3 is 0 Å². The smallest absolute Gasteiger partial charge is 0.270 e. The lowest BCUT2D eigenvalue weighted by Gasteiger charge is -2.26. The molecule has 0 radical (unpaired) electrons. The average Bonchev–Trinajstić information content (AvgIpc) is 2.91. The fourth-order valence-electron chi connectivity index (χ4n) is 2.79. The van der Waals surface area contributed by atoms with E-state index in [2.05, 4.69) is 4.98 Å². The fraction of sp³-hybridized carbons (Fsp3) is 0.438. The molecule has 1 aromatic carbocycles. The molecule has 106 valence electrons. The highest BCUT2D eigenvalue weighted by atomic mass is 16.5. The number of carbonyl (C=O) groups is 1. The number of ether oxygens (including phenoxy) is 1. The van der Waals surface area contributed by atoms with E-state index in [9.17, 15) is 4.79 Å². The minimum absolute atomic E-state index is 0.0627. The molecule has 1 N–H and O–H groups in total. The van der Waals surface area contributed by atoms with E-state index in [-0.39, 0.29) is 5.91 Å². The summed E-state index contributed by atoms with van der Waals surface area (Å²) in [4.78, 5) is 17.5. The van der Waals surface area contributed by atoms with E-state index in [1.807, 2.05) is 42.3 Å². The Morgan fingerprint density at radius 1 is 1.35 bits per heavy atom. The highest BCUT2D eigenvalue weighted by Gasteiger charge is 2.20. The van der Waals surface area contributed by atoms with Gasteiger partial charge in [-0.2, -0.15) is 0 Å². The van der Waals surface area contributed by atoms with Gasteiger partial charge in [-0.15, -0.1) is 0 Å². The minimum Gasteiger partial charge on any atom is -0.381 e. The van der Waals surface area contributed by atoms with Crippen LogP contribution < -0.4 is 0 Å². The second-order valence-electron chi connectivity index (χ2n) is 5.51. The van der Waals surface area contributed by atoms with Crippen LogP contribution in [-0.2, 0) is 4.74 Å². The van der Waals surface area contributed by atoms with Crippen molar-refractivity contribution in [2.24, 2.45) is 5.92 Å². The lowest BCUT2D eigenvalue weighted by molar-refractivity contribution is 0.0495. The zero-order valence-corrected chi connectivity index (χ0v) is 11.8. The van der Waals surface area contributed by atoms with Crippen LogP contribution in [0.1, 0.15) is 23.3 Å². The van der Waals surface area contributed by atoms with E-state index in [0.29, 0.717) is 11.6 Å². The zero-order chi connectivity index (χ0) is 13.9. The maximum absolute atomic E-state index is 12.5. The van der Waals surface area contributed by atoms with E-state index in [1.54, 1.807) is 0 Å². The number of para-hydroxylation sites is 1. The number of hydrogen-bond acceptors (Lipinski definition) is 2. The number of carbonyl (C=O) groups excluding carboxylic acids is 1. The van der Waals surface area contributed by atoms with Crippen LogP contribution in [-0.4, -0.2) is 42.6 Å². The highest BCUT2D eigenvalue weighted by Crippen LogP contribution is 2.19. The Hall–Kier alpha value is -1.81. The van der Waals surface area contributed by atoms with Crippen molar-refractivity contribution in [2.75, 3.05) is 26.8 Å². The number of nitrogens with zero attached hydrogens (tertiary/aromatic N) is 1. The van der Waals surface area contributed by atoms with Gasteiger partial charge < -0.3 is 14.6 Å². The van der Waals surface area contributed by atoms with Crippen LogP contribution in [0.2, 0.25) is 0 Å². The number of nitrogens with one attached hydrogen (secondary N) is 1. The minimum atomic E-state index is 0.0627. The summed E-state index contributed by atoms with van der Waals surface area (Å²) in [6.07, 6.45) is 2.09. The molecule has 4 nitrogen and oxygen atoms in total. The third-order valence-electron chi connectivity index (χ3n) is 3.98. The maximum atomic E-state index is 12.5. The van der Waals surface area contributed by atoms with Crippen molar-refractivity contribution in [3.8, 4) is 0 Å². The van der Waals surface area contributed by atoms with Crippen LogP contribution in [0.5, 0.6) is 0 Å². The summed E-state index contributed by atoms with van der Waals surface area (Å²) in [6.45, 7) is 2.44. The van der Waals surface area contributed by atoms with Gasteiger partial charge in [0.2, 0.25) is 0 Å². The number of amides is 1. The van der Waals surface area contributed by atoms with Crippen LogP contribution >= 0.6 is 0 Å². The third kappa shape index (κ3) is 2.70. The summed E-state index contributed by atoms with van der Waals surface area (Å²) < 4.78 is 5.36. The van der Waals surface area contributed by atoms with Gasteiger partial charge in [-0.3, -0.25) is 4.79 Å². The largest absolute Gasteiger partial charge is 0.381 e. The number of H-pyrrole nitrogens is 1. The van der Waals surface area contributed by atoms with Crippen LogP contribution in [0.15, 0.2) is 30.3 Å². The van der Waals surface area contributed by atoms with Crippen molar-refractivity contribution < 1.29 is 9.53 Å².